The van der Waals surface area contributed by atoms with Crippen molar-refractivity contribution >= 4 is 27.5 Å². The van der Waals surface area contributed by atoms with Crippen LogP contribution in [-0.2, 0) is 4.74 Å². The van der Waals surface area contributed by atoms with Gasteiger partial charge in [0.25, 0.3) is 5.91 Å². The number of ether oxygens (including phenoxy) is 2. The van der Waals surface area contributed by atoms with E-state index in [9.17, 15) is 9.18 Å². The smallest absolute Gasteiger partial charge is 0.259 e. The minimum atomic E-state index is -0.504. The van der Waals surface area contributed by atoms with E-state index in [2.05, 4.69) is 21.2 Å². The van der Waals surface area contributed by atoms with Gasteiger partial charge in [0.1, 0.15) is 18.2 Å². The number of carbonyl (C=O) groups is 1. The van der Waals surface area contributed by atoms with Gasteiger partial charge in [-0.05, 0) is 43.2 Å². The fourth-order valence-electron chi connectivity index (χ4n) is 2.52. The fourth-order valence-corrected chi connectivity index (χ4v) is 2.85. The second-order valence-corrected chi connectivity index (χ2v) is 6.44. The first-order valence-corrected chi connectivity index (χ1v) is 8.52. The molecule has 1 unspecified atom stereocenters. The molecule has 1 aliphatic rings. The first-order chi connectivity index (χ1) is 11.6. The van der Waals surface area contributed by atoms with E-state index >= 15 is 0 Å². The zero-order valence-electron chi connectivity index (χ0n) is 12.9. The first-order valence-electron chi connectivity index (χ1n) is 7.73. The van der Waals surface area contributed by atoms with Crippen molar-refractivity contribution in [1.82, 2.24) is 0 Å². The highest BCUT2D eigenvalue weighted by atomic mass is 79.9. The van der Waals surface area contributed by atoms with Gasteiger partial charge in [0.05, 0.1) is 17.4 Å². The third-order valence-electron chi connectivity index (χ3n) is 3.76. The number of amides is 1. The van der Waals surface area contributed by atoms with Gasteiger partial charge < -0.3 is 14.8 Å². The highest BCUT2D eigenvalue weighted by Gasteiger charge is 2.19. The average Bonchev–Trinajstić information content (AvgIpc) is 3.09. The molecule has 0 radical (unpaired) electrons. The minimum absolute atomic E-state index is 0.0602. The van der Waals surface area contributed by atoms with Gasteiger partial charge in [-0.25, -0.2) is 4.39 Å². The summed E-state index contributed by atoms with van der Waals surface area (Å²) < 4.78 is 25.8. The highest BCUT2D eigenvalue weighted by Crippen LogP contribution is 2.24. The lowest BCUT2D eigenvalue weighted by Crippen LogP contribution is -2.19. The average molecular weight is 394 g/mol. The molecule has 0 aromatic heterocycles. The minimum Gasteiger partial charge on any atom is -0.490 e. The van der Waals surface area contributed by atoms with Crippen LogP contribution in [0.4, 0.5) is 10.1 Å². The number of carbonyl (C=O) groups excluding carboxylic acids is 1. The van der Waals surface area contributed by atoms with Crippen molar-refractivity contribution < 1.29 is 18.7 Å². The van der Waals surface area contributed by atoms with Crippen molar-refractivity contribution in [2.75, 3.05) is 18.5 Å². The molecule has 4 nitrogen and oxygen atoms in total. The van der Waals surface area contributed by atoms with Crippen LogP contribution in [0.3, 0.4) is 0 Å². The molecule has 1 fully saturated rings. The van der Waals surface area contributed by atoms with Crippen molar-refractivity contribution in [2.24, 2.45) is 0 Å². The normalized spacial score (nSPS) is 16.8. The van der Waals surface area contributed by atoms with Crippen LogP contribution in [0.5, 0.6) is 5.75 Å². The van der Waals surface area contributed by atoms with E-state index in [-0.39, 0.29) is 11.8 Å². The van der Waals surface area contributed by atoms with E-state index in [1.54, 1.807) is 30.3 Å². The molecule has 1 amide bonds. The lowest BCUT2D eigenvalue weighted by molar-refractivity contribution is 0.0673. The van der Waals surface area contributed by atoms with Crippen molar-refractivity contribution in [3.63, 3.8) is 0 Å². The molecular formula is C18H17BrFNO3. The third kappa shape index (κ3) is 4.13. The largest absolute Gasteiger partial charge is 0.490 e. The van der Waals surface area contributed by atoms with Gasteiger partial charge in [0.2, 0.25) is 0 Å². The molecule has 1 N–H and O–H groups in total. The maximum Gasteiger partial charge on any atom is 0.259 e. The Morgan fingerprint density at radius 3 is 2.92 bits per heavy atom. The molecular weight excluding hydrogens is 377 g/mol. The summed E-state index contributed by atoms with van der Waals surface area (Å²) in [7, 11) is 0. The molecule has 1 atom stereocenters. The van der Waals surface area contributed by atoms with E-state index in [1.807, 2.05) is 0 Å². The van der Waals surface area contributed by atoms with Crippen molar-refractivity contribution in [2.45, 2.75) is 18.9 Å². The predicted molar refractivity (Wildman–Crippen MR) is 93.0 cm³/mol. The Bertz CT molecular complexity index is 732. The molecule has 1 heterocycles. The molecule has 2 aromatic carbocycles. The summed E-state index contributed by atoms with van der Waals surface area (Å²) in [5.74, 6) is -0.460. The second kappa shape index (κ2) is 7.77. The van der Waals surface area contributed by atoms with Gasteiger partial charge in [-0.3, -0.25) is 4.79 Å². The molecule has 0 bridgehead atoms. The Balaban J connectivity index is 1.72. The SMILES string of the molecule is O=C(Nc1ccc(Br)cc1F)c1ccccc1OCC1CCCO1. The fraction of sp³-hybridized carbons (Fsp3) is 0.278. The van der Waals surface area contributed by atoms with Crippen molar-refractivity contribution in [1.29, 1.82) is 0 Å². The molecule has 3 rings (SSSR count). The molecule has 24 heavy (non-hydrogen) atoms. The quantitative estimate of drug-likeness (QED) is 0.818. The summed E-state index contributed by atoms with van der Waals surface area (Å²) in [6.45, 7) is 1.15. The Morgan fingerprint density at radius 1 is 1.33 bits per heavy atom. The highest BCUT2D eigenvalue weighted by molar-refractivity contribution is 9.10. The molecule has 0 spiro atoms. The summed E-state index contributed by atoms with van der Waals surface area (Å²) >= 11 is 3.19. The number of hydrogen-bond acceptors (Lipinski definition) is 3. The molecule has 0 aliphatic carbocycles. The number of nitrogens with one attached hydrogen (secondary N) is 1. The van der Waals surface area contributed by atoms with Crippen LogP contribution in [0.1, 0.15) is 23.2 Å². The van der Waals surface area contributed by atoms with Crippen LogP contribution >= 0.6 is 15.9 Å². The van der Waals surface area contributed by atoms with E-state index in [1.165, 1.54) is 12.1 Å². The Labute approximate surface area is 148 Å². The number of hydrogen-bond donors (Lipinski definition) is 1. The molecule has 126 valence electrons. The number of anilines is 1. The number of benzene rings is 2. The molecule has 1 saturated heterocycles. The molecule has 6 heteroatoms. The lowest BCUT2D eigenvalue weighted by atomic mass is 10.1. The van der Waals surface area contributed by atoms with Crippen LogP contribution in [0.2, 0.25) is 0 Å². The summed E-state index contributed by atoms with van der Waals surface area (Å²) in [5, 5.41) is 2.58. The standard InChI is InChI=1S/C18H17BrFNO3/c19-12-7-8-16(15(20)10-12)21-18(22)14-5-1-2-6-17(14)24-11-13-4-3-9-23-13/h1-2,5-8,10,13H,3-4,9,11H2,(H,21,22). The van der Waals surface area contributed by atoms with Gasteiger partial charge >= 0.3 is 0 Å². The van der Waals surface area contributed by atoms with Crippen LogP contribution in [-0.4, -0.2) is 25.2 Å². The summed E-state index contributed by atoms with van der Waals surface area (Å²) in [6, 6.07) is 11.4. The maximum absolute atomic E-state index is 13.9. The Kier molecular flexibility index (Phi) is 5.48. The van der Waals surface area contributed by atoms with E-state index in [4.69, 9.17) is 9.47 Å². The predicted octanol–water partition coefficient (Wildman–Crippen LogP) is 4.40. The van der Waals surface area contributed by atoms with Gasteiger partial charge in [0.15, 0.2) is 0 Å². The van der Waals surface area contributed by atoms with Gasteiger partial charge in [-0.1, -0.05) is 28.1 Å². The molecule has 0 saturated carbocycles. The molecule has 1 aliphatic heterocycles. The van der Waals surface area contributed by atoms with Crippen LogP contribution in [0.15, 0.2) is 46.9 Å². The van der Waals surface area contributed by atoms with Gasteiger partial charge in [0, 0.05) is 11.1 Å². The Hall–Kier alpha value is -1.92. The van der Waals surface area contributed by atoms with Crippen molar-refractivity contribution in [3.05, 3.63) is 58.3 Å². The zero-order valence-corrected chi connectivity index (χ0v) is 14.5. The number of halogens is 2. The molecule has 2 aromatic rings. The van der Waals surface area contributed by atoms with Crippen LogP contribution in [0.25, 0.3) is 0 Å². The summed E-state index contributed by atoms with van der Waals surface area (Å²) in [5.41, 5.74) is 0.481. The summed E-state index contributed by atoms with van der Waals surface area (Å²) in [4.78, 5) is 12.5. The third-order valence-corrected chi connectivity index (χ3v) is 4.25. The van der Waals surface area contributed by atoms with Crippen LogP contribution < -0.4 is 10.1 Å². The maximum atomic E-state index is 13.9. The van der Waals surface area contributed by atoms with Crippen molar-refractivity contribution in [3.8, 4) is 5.75 Å². The Morgan fingerprint density at radius 2 is 2.17 bits per heavy atom. The lowest BCUT2D eigenvalue weighted by Gasteiger charge is -2.14. The number of rotatable bonds is 5. The van der Waals surface area contributed by atoms with Gasteiger partial charge in [-0.2, -0.15) is 0 Å². The summed E-state index contributed by atoms with van der Waals surface area (Å²) in [6.07, 6.45) is 2.04. The van der Waals surface area contributed by atoms with E-state index in [0.29, 0.717) is 22.4 Å². The van der Waals surface area contributed by atoms with Gasteiger partial charge in [-0.15, -0.1) is 0 Å². The second-order valence-electron chi connectivity index (χ2n) is 5.52. The monoisotopic (exact) mass is 393 g/mol. The van der Waals surface area contributed by atoms with E-state index in [0.717, 1.165) is 19.4 Å². The van der Waals surface area contributed by atoms with Crippen LogP contribution in [0, 0.1) is 5.82 Å². The topological polar surface area (TPSA) is 47.6 Å². The number of para-hydroxylation sites is 1. The van der Waals surface area contributed by atoms with E-state index < -0.39 is 11.7 Å². The zero-order chi connectivity index (χ0) is 16.9. The first kappa shape index (κ1) is 16.9.